The van der Waals surface area contributed by atoms with E-state index >= 15 is 0 Å². The lowest BCUT2D eigenvalue weighted by atomic mass is 10.0. The Bertz CT molecular complexity index is 937. The zero-order chi connectivity index (χ0) is 20.4. The molecule has 2 aromatic carbocycles. The number of nitrogens with one attached hydrogen (secondary N) is 1. The molecule has 1 fully saturated rings. The van der Waals surface area contributed by atoms with Crippen molar-refractivity contribution in [2.45, 2.75) is 25.3 Å². The Balaban J connectivity index is 1.51. The molecule has 1 atom stereocenters. The molecular weight excluding hydrogens is 368 g/mol. The summed E-state index contributed by atoms with van der Waals surface area (Å²) in [5.74, 6) is -0.451. The van der Waals surface area contributed by atoms with Crippen LogP contribution in [-0.4, -0.2) is 42.9 Å². The fourth-order valence-electron chi connectivity index (χ4n) is 3.79. The number of rotatable bonds is 8. The first kappa shape index (κ1) is 19.3. The van der Waals surface area contributed by atoms with Crippen molar-refractivity contribution in [3.8, 4) is 0 Å². The number of hydrogen-bond acceptors (Lipinski definition) is 4. The summed E-state index contributed by atoms with van der Waals surface area (Å²) in [5, 5.41) is 3.12. The third-order valence-corrected chi connectivity index (χ3v) is 5.50. The molecule has 6 heteroatoms. The predicted molar refractivity (Wildman–Crippen MR) is 108 cm³/mol. The maximum Gasteiger partial charge on any atom is 0.261 e. The number of hydrogen-bond donors (Lipinski definition) is 1. The van der Waals surface area contributed by atoms with Gasteiger partial charge in [-0.25, -0.2) is 0 Å². The number of amides is 3. The normalized spacial score (nSPS) is 16.7. The van der Waals surface area contributed by atoms with Crippen molar-refractivity contribution in [1.29, 1.82) is 0 Å². The molecule has 1 saturated carbocycles. The first-order chi connectivity index (χ1) is 14.1. The summed E-state index contributed by atoms with van der Waals surface area (Å²) in [7, 11) is 1.58. The molecule has 1 aliphatic carbocycles. The quantitative estimate of drug-likeness (QED) is 0.553. The smallest absolute Gasteiger partial charge is 0.261 e. The van der Waals surface area contributed by atoms with Gasteiger partial charge < -0.3 is 10.1 Å². The summed E-state index contributed by atoms with van der Waals surface area (Å²) >= 11 is 0. The van der Waals surface area contributed by atoms with E-state index < -0.39 is 0 Å². The first-order valence-electron chi connectivity index (χ1n) is 9.95. The molecule has 0 saturated heterocycles. The lowest BCUT2D eigenvalue weighted by Gasteiger charge is -2.19. The van der Waals surface area contributed by atoms with Gasteiger partial charge in [0, 0.05) is 25.8 Å². The van der Waals surface area contributed by atoms with Crippen molar-refractivity contribution in [2.75, 3.05) is 20.3 Å². The Morgan fingerprint density at radius 1 is 1.10 bits per heavy atom. The van der Waals surface area contributed by atoms with Crippen LogP contribution in [0.25, 0.3) is 0 Å². The minimum atomic E-state index is -0.349. The van der Waals surface area contributed by atoms with E-state index in [0.717, 1.165) is 18.4 Å². The Labute approximate surface area is 169 Å². The van der Waals surface area contributed by atoms with Gasteiger partial charge in [-0.1, -0.05) is 30.3 Å². The van der Waals surface area contributed by atoms with E-state index in [1.165, 1.54) is 11.0 Å². The third-order valence-electron chi connectivity index (χ3n) is 5.50. The second-order valence-corrected chi connectivity index (χ2v) is 7.57. The zero-order valence-corrected chi connectivity index (χ0v) is 16.4. The van der Waals surface area contributed by atoms with Crippen LogP contribution in [0.15, 0.2) is 48.5 Å². The van der Waals surface area contributed by atoms with Gasteiger partial charge in [0.1, 0.15) is 0 Å². The fourth-order valence-corrected chi connectivity index (χ4v) is 3.79. The van der Waals surface area contributed by atoms with Crippen LogP contribution in [0.5, 0.6) is 0 Å². The molecule has 0 radical (unpaired) electrons. The Morgan fingerprint density at radius 2 is 1.83 bits per heavy atom. The zero-order valence-electron chi connectivity index (χ0n) is 16.4. The van der Waals surface area contributed by atoms with Crippen LogP contribution in [0.2, 0.25) is 0 Å². The lowest BCUT2D eigenvalue weighted by molar-refractivity contribution is 0.0638. The second kappa shape index (κ2) is 8.17. The Kier molecular flexibility index (Phi) is 5.45. The van der Waals surface area contributed by atoms with E-state index in [1.54, 1.807) is 19.2 Å². The summed E-state index contributed by atoms with van der Waals surface area (Å²) in [6, 6.07) is 14.6. The molecule has 0 spiro atoms. The van der Waals surface area contributed by atoms with Gasteiger partial charge in [0.2, 0.25) is 0 Å². The van der Waals surface area contributed by atoms with Crippen molar-refractivity contribution < 1.29 is 19.1 Å². The van der Waals surface area contributed by atoms with Gasteiger partial charge in [0.25, 0.3) is 17.7 Å². The van der Waals surface area contributed by atoms with E-state index in [0.29, 0.717) is 42.2 Å². The molecule has 1 heterocycles. The fraction of sp³-hybridized carbons (Fsp3) is 0.348. The highest BCUT2D eigenvalue weighted by Gasteiger charge is 2.37. The van der Waals surface area contributed by atoms with Crippen LogP contribution >= 0.6 is 0 Å². The molecule has 4 rings (SSSR count). The van der Waals surface area contributed by atoms with E-state index in [1.807, 2.05) is 30.3 Å². The van der Waals surface area contributed by atoms with E-state index in [2.05, 4.69) is 5.32 Å². The number of ether oxygens (including phenoxy) is 1. The van der Waals surface area contributed by atoms with Gasteiger partial charge in [0.15, 0.2) is 0 Å². The van der Waals surface area contributed by atoms with Crippen LogP contribution in [0, 0.1) is 5.92 Å². The van der Waals surface area contributed by atoms with Crippen LogP contribution in [-0.2, 0) is 4.74 Å². The average Bonchev–Trinajstić information content (AvgIpc) is 3.56. The molecule has 29 heavy (non-hydrogen) atoms. The van der Waals surface area contributed by atoms with Crippen molar-refractivity contribution in [1.82, 2.24) is 10.2 Å². The van der Waals surface area contributed by atoms with Crippen LogP contribution in [0.1, 0.15) is 61.9 Å². The molecule has 0 bridgehead atoms. The van der Waals surface area contributed by atoms with Gasteiger partial charge in [-0.05, 0) is 48.9 Å². The number of methoxy groups -OCH3 is 1. The topological polar surface area (TPSA) is 75.7 Å². The highest BCUT2D eigenvalue weighted by molar-refractivity contribution is 6.22. The van der Waals surface area contributed by atoms with Gasteiger partial charge in [-0.3, -0.25) is 19.3 Å². The number of carbonyl (C=O) groups excluding carboxylic acids is 3. The van der Waals surface area contributed by atoms with Gasteiger partial charge in [-0.2, -0.15) is 0 Å². The summed E-state index contributed by atoms with van der Waals surface area (Å²) < 4.78 is 5.00. The van der Waals surface area contributed by atoms with Gasteiger partial charge >= 0.3 is 0 Å². The van der Waals surface area contributed by atoms with E-state index in [9.17, 15) is 14.4 Å². The summed E-state index contributed by atoms with van der Waals surface area (Å²) in [5.41, 5.74) is 2.12. The molecule has 0 aromatic heterocycles. The first-order valence-corrected chi connectivity index (χ1v) is 9.95. The molecule has 6 nitrogen and oxygen atoms in total. The molecule has 1 N–H and O–H groups in total. The van der Waals surface area contributed by atoms with Crippen LogP contribution in [0.3, 0.4) is 0 Å². The highest BCUT2D eigenvalue weighted by atomic mass is 16.5. The second-order valence-electron chi connectivity index (χ2n) is 7.57. The predicted octanol–water partition coefficient (Wildman–Crippen LogP) is 3.20. The molecule has 1 unspecified atom stereocenters. The SMILES string of the molecule is COCCCN1C(=O)c2ccc(C(=O)NC(c3ccccc3)C3CC3)cc2C1=O. The molecule has 3 amide bonds. The Morgan fingerprint density at radius 3 is 2.52 bits per heavy atom. The number of benzene rings is 2. The van der Waals surface area contributed by atoms with Crippen molar-refractivity contribution in [3.63, 3.8) is 0 Å². The highest BCUT2D eigenvalue weighted by Crippen LogP contribution is 2.41. The minimum Gasteiger partial charge on any atom is -0.385 e. The minimum absolute atomic E-state index is 0.0418. The van der Waals surface area contributed by atoms with E-state index in [-0.39, 0.29) is 23.8 Å². The molecule has 2 aliphatic rings. The van der Waals surface area contributed by atoms with Crippen molar-refractivity contribution in [3.05, 3.63) is 70.8 Å². The number of carbonyl (C=O) groups is 3. The molecule has 150 valence electrons. The van der Waals surface area contributed by atoms with Gasteiger partial charge in [-0.15, -0.1) is 0 Å². The summed E-state index contributed by atoms with van der Waals surface area (Å²) in [6.45, 7) is 0.780. The third kappa shape index (κ3) is 3.93. The summed E-state index contributed by atoms with van der Waals surface area (Å²) in [6.07, 6.45) is 2.76. The Hall–Kier alpha value is -2.99. The van der Waals surface area contributed by atoms with Crippen LogP contribution in [0.4, 0.5) is 0 Å². The number of nitrogens with zero attached hydrogens (tertiary/aromatic N) is 1. The monoisotopic (exact) mass is 392 g/mol. The van der Waals surface area contributed by atoms with Gasteiger partial charge in [0.05, 0.1) is 17.2 Å². The summed E-state index contributed by atoms with van der Waals surface area (Å²) in [4.78, 5) is 39.3. The maximum absolute atomic E-state index is 12.9. The largest absolute Gasteiger partial charge is 0.385 e. The van der Waals surface area contributed by atoms with Crippen LogP contribution < -0.4 is 5.32 Å². The van der Waals surface area contributed by atoms with E-state index in [4.69, 9.17) is 4.74 Å². The standard InChI is InChI=1S/C23H24N2O4/c1-29-13-5-12-25-22(27)18-11-10-17(14-19(18)23(25)28)21(26)24-20(16-8-9-16)15-6-3-2-4-7-15/h2-4,6-7,10-11,14,16,20H,5,8-9,12-13H2,1H3,(H,24,26). The number of fused-ring (bicyclic) bond motifs is 1. The molecular formula is C23H24N2O4. The maximum atomic E-state index is 12.9. The molecule has 1 aliphatic heterocycles. The average molecular weight is 392 g/mol. The van der Waals surface area contributed by atoms with Crippen molar-refractivity contribution >= 4 is 17.7 Å². The number of imide groups is 1. The van der Waals surface area contributed by atoms with Crippen molar-refractivity contribution in [2.24, 2.45) is 5.92 Å². The lowest BCUT2D eigenvalue weighted by Crippen LogP contribution is -2.31. The molecule has 2 aromatic rings.